The molecule has 5 aromatic rings. The van der Waals surface area contributed by atoms with Crippen LogP contribution in [0.4, 0.5) is 0 Å². The van der Waals surface area contributed by atoms with Gasteiger partial charge in [-0.15, -0.1) is 0 Å². The molecule has 10 heteroatoms. The highest BCUT2D eigenvalue weighted by Gasteiger charge is 2.28. The van der Waals surface area contributed by atoms with E-state index in [1.54, 1.807) is 31.4 Å². The molecule has 0 bridgehead atoms. The van der Waals surface area contributed by atoms with Crippen molar-refractivity contribution in [2.75, 3.05) is 13.7 Å². The number of ether oxygens (including phenoxy) is 1. The normalized spacial score (nSPS) is 12.3. The van der Waals surface area contributed by atoms with Gasteiger partial charge in [0.25, 0.3) is 0 Å². The minimum atomic E-state index is 0.115. The molecule has 3 atom stereocenters. The van der Waals surface area contributed by atoms with Gasteiger partial charge >= 0.3 is 0 Å². The van der Waals surface area contributed by atoms with E-state index in [0.717, 1.165) is 43.5 Å². The fourth-order valence-electron chi connectivity index (χ4n) is 8.04. The molecule has 0 aliphatic rings. The molecule has 0 aliphatic heterocycles. The third-order valence-corrected chi connectivity index (χ3v) is 13.4. The van der Waals surface area contributed by atoms with E-state index in [1.807, 2.05) is 88.4 Å². The van der Waals surface area contributed by atoms with Gasteiger partial charge in [-0.25, -0.2) is 0 Å². The van der Waals surface area contributed by atoms with Gasteiger partial charge in [-0.1, -0.05) is 242 Å². The number of methoxy groups -OCH3 is 1. The zero-order chi connectivity index (χ0) is 56.5. The van der Waals surface area contributed by atoms with Crippen molar-refractivity contribution >= 4 is 104 Å². The predicted octanol–water partition coefficient (Wildman–Crippen LogP) is 25.8. The van der Waals surface area contributed by atoms with E-state index >= 15 is 0 Å². The number of benzene rings is 5. The van der Waals surface area contributed by atoms with Crippen molar-refractivity contribution in [1.29, 1.82) is 0 Å². The van der Waals surface area contributed by atoms with Crippen molar-refractivity contribution in [2.45, 2.75) is 181 Å². The van der Waals surface area contributed by atoms with Gasteiger partial charge in [0.1, 0.15) is 0 Å². The van der Waals surface area contributed by atoms with Crippen LogP contribution in [0.3, 0.4) is 0 Å². The summed E-state index contributed by atoms with van der Waals surface area (Å²) >= 11 is 53.6. The van der Waals surface area contributed by atoms with Crippen molar-refractivity contribution in [2.24, 2.45) is 16.2 Å². The van der Waals surface area contributed by atoms with Gasteiger partial charge in [0.15, 0.2) is 0 Å². The molecule has 0 radical (unpaired) electrons. The Balaban J connectivity index is 0. The lowest BCUT2D eigenvalue weighted by atomic mass is 9.75. The molecule has 0 fully saturated rings. The van der Waals surface area contributed by atoms with Crippen LogP contribution >= 0.6 is 104 Å². The van der Waals surface area contributed by atoms with E-state index in [4.69, 9.17) is 109 Å². The van der Waals surface area contributed by atoms with Crippen LogP contribution in [0.15, 0.2) is 91.0 Å². The summed E-state index contributed by atoms with van der Waals surface area (Å²) in [6.07, 6.45) is 2.19. The average molecular weight is 1170 g/mol. The summed E-state index contributed by atoms with van der Waals surface area (Å²) in [5, 5.41) is 6.50. The second kappa shape index (κ2) is 35.9. The van der Waals surface area contributed by atoms with Gasteiger partial charge in [0.05, 0.1) is 6.61 Å². The molecule has 72 heavy (non-hydrogen) atoms. The fourth-order valence-corrected chi connectivity index (χ4v) is 10.5. The highest BCUT2D eigenvalue weighted by atomic mass is 35.5. The highest BCUT2D eigenvalue weighted by Crippen LogP contribution is 2.41. The lowest BCUT2D eigenvalue weighted by molar-refractivity contribution is 0.132. The third-order valence-electron chi connectivity index (χ3n) is 11.4. The zero-order valence-corrected chi connectivity index (χ0v) is 54.3. The first-order valence-corrected chi connectivity index (χ1v) is 28.7. The Morgan fingerprint density at radius 1 is 0.347 bits per heavy atom. The predicted molar refractivity (Wildman–Crippen MR) is 332 cm³/mol. The summed E-state index contributed by atoms with van der Waals surface area (Å²) in [5.41, 5.74) is 7.94. The molecule has 406 valence electrons. The van der Waals surface area contributed by atoms with E-state index < -0.39 is 0 Å². The fraction of sp³-hybridized carbons (Fsp3) is 0.516. The minimum absolute atomic E-state index is 0.115. The summed E-state index contributed by atoms with van der Waals surface area (Å²) in [6.45, 7) is 43.7. The molecule has 0 saturated heterocycles. The third kappa shape index (κ3) is 29.3. The average Bonchev–Trinajstić information content (AvgIpc) is 3.22. The molecule has 0 amide bonds. The van der Waals surface area contributed by atoms with Crippen molar-refractivity contribution in [1.82, 2.24) is 0 Å². The first-order valence-electron chi connectivity index (χ1n) is 25.3. The Labute approximate surface area is 485 Å². The first-order chi connectivity index (χ1) is 33.2. The Hall–Kier alpha value is -1.33. The minimum Gasteiger partial charge on any atom is -0.384 e. The Morgan fingerprint density at radius 3 is 0.750 bits per heavy atom. The Kier molecular flexibility index (Phi) is 36.3. The maximum Gasteiger partial charge on any atom is 0.0536 e. The number of hydrogen-bond donors (Lipinski definition) is 0. The van der Waals surface area contributed by atoms with Crippen LogP contribution in [0, 0.1) is 23.2 Å². The van der Waals surface area contributed by atoms with E-state index in [-0.39, 0.29) is 22.2 Å². The van der Waals surface area contributed by atoms with Gasteiger partial charge in [-0.2, -0.15) is 0 Å². The molecule has 0 heterocycles. The van der Waals surface area contributed by atoms with Gasteiger partial charge in [0, 0.05) is 58.2 Å². The number of halogens is 9. The molecule has 3 unspecified atom stereocenters. The second-order valence-corrected chi connectivity index (χ2v) is 25.1. The van der Waals surface area contributed by atoms with Gasteiger partial charge in [-0.05, 0) is 178 Å². The molecule has 5 aromatic carbocycles. The highest BCUT2D eigenvalue weighted by molar-refractivity contribution is 6.36. The Morgan fingerprint density at radius 2 is 0.556 bits per heavy atom. The van der Waals surface area contributed by atoms with Crippen LogP contribution in [-0.4, -0.2) is 13.7 Å². The van der Waals surface area contributed by atoms with Crippen molar-refractivity contribution in [3.05, 3.63) is 170 Å². The summed E-state index contributed by atoms with van der Waals surface area (Å²) < 4.78 is 5.28. The van der Waals surface area contributed by atoms with Crippen LogP contribution in [0.1, 0.15) is 207 Å². The van der Waals surface area contributed by atoms with Crippen LogP contribution in [0.2, 0.25) is 45.2 Å². The summed E-state index contributed by atoms with van der Waals surface area (Å²) in [6, 6.07) is 29.1. The number of aryl methyl sites for hydroxylation is 1. The van der Waals surface area contributed by atoms with E-state index in [9.17, 15) is 0 Å². The smallest absolute Gasteiger partial charge is 0.0536 e. The largest absolute Gasteiger partial charge is 0.384 e. The first kappa shape index (κ1) is 72.7. The standard InChI is InChI=1S/C13H18Cl2O.2C13H18Cl2.C10H13Cl.C9H10Cl2.2C2H6/c1-13(2,3)12(8-16-4)9-5-10(14)7-11(15)6-9;2*1-5-12(13(2,3)4)9-6-10(14)8-11(15)7-9;1-7(2)9-4-8(3)5-10(11)6-9;1-6(2)7-3-8(10)5-9(11)4-7;2*1-2/h5-7,12H,8H2,1-4H3;2*6-8,12H,5H2,1-4H3;4-7H,1-3H3;3-6H,1-2H3;2*1-2H3. The Bertz CT molecular complexity index is 2050. The van der Waals surface area contributed by atoms with Gasteiger partial charge in [-0.3, -0.25) is 0 Å². The number of rotatable bonds is 9. The van der Waals surface area contributed by atoms with Crippen LogP contribution in [0.5, 0.6) is 0 Å². The monoisotopic (exact) mass is 1160 g/mol. The summed E-state index contributed by atoms with van der Waals surface area (Å²) in [5.74, 6) is 2.31. The number of hydrogen-bond acceptors (Lipinski definition) is 1. The van der Waals surface area contributed by atoms with Crippen molar-refractivity contribution in [3.8, 4) is 0 Å². The topological polar surface area (TPSA) is 9.23 Å². The molecule has 5 rings (SSSR count). The SMILES string of the molecule is CC.CC.CC(C)c1cc(Cl)cc(Cl)c1.CCC(c1cc(Cl)cc(Cl)c1)C(C)(C)C.CCC(c1cc(Cl)cc(Cl)c1)C(C)(C)C.COCC(c1cc(Cl)cc(Cl)c1)C(C)(C)C.Cc1cc(Cl)cc(C(C)C)c1. The summed E-state index contributed by atoms with van der Waals surface area (Å²) in [4.78, 5) is 0. The molecular weight excluding hydrogens is 1080 g/mol. The van der Waals surface area contributed by atoms with E-state index in [1.165, 1.54) is 27.8 Å². The molecule has 0 saturated carbocycles. The van der Waals surface area contributed by atoms with Crippen LogP contribution in [-0.2, 0) is 4.74 Å². The zero-order valence-electron chi connectivity index (χ0n) is 47.5. The molecule has 0 spiro atoms. The molecular formula is C62H89Cl9O. The van der Waals surface area contributed by atoms with E-state index in [2.05, 4.69) is 117 Å². The molecule has 0 aromatic heterocycles. The van der Waals surface area contributed by atoms with Crippen LogP contribution in [0.25, 0.3) is 0 Å². The molecule has 1 nitrogen and oxygen atoms in total. The lowest BCUT2D eigenvalue weighted by Gasteiger charge is -2.30. The van der Waals surface area contributed by atoms with Gasteiger partial charge in [0.2, 0.25) is 0 Å². The maximum atomic E-state index is 6.02. The maximum absolute atomic E-state index is 6.02. The lowest BCUT2D eigenvalue weighted by Crippen LogP contribution is -2.22. The van der Waals surface area contributed by atoms with Crippen molar-refractivity contribution < 1.29 is 4.74 Å². The second-order valence-electron chi connectivity index (χ2n) is 21.2. The molecule has 0 N–H and O–H groups in total. The van der Waals surface area contributed by atoms with Crippen molar-refractivity contribution in [3.63, 3.8) is 0 Å². The van der Waals surface area contributed by atoms with Crippen LogP contribution < -0.4 is 0 Å². The van der Waals surface area contributed by atoms with Gasteiger partial charge < -0.3 is 4.74 Å². The molecule has 0 aliphatic carbocycles. The summed E-state index contributed by atoms with van der Waals surface area (Å²) in [7, 11) is 1.71. The van der Waals surface area contributed by atoms with E-state index in [0.29, 0.717) is 50.4 Å². The quantitative estimate of drug-likeness (QED) is 0.143.